The van der Waals surface area contributed by atoms with Gasteiger partial charge in [0, 0.05) is 30.5 Å². The highest BCUT2D eigenvalue weighted by atomic mass is 35.5. The summed E-state index contributed by atoms with van der Waals surface area (Å²) in [5.74, 6) is -0.167. The molecular formula is C16H15ClN4O3. The maximum Gasteiger partial charge on any atom is 0.274 e. The average molecular weight is 347 g/mol. The summed E-state index contributed by atoms with van der Waals surface area (Å²) in [6, 6.07) is 4.99. The number of ether oxygens (including phenoxy) is 1. The van der Waals surface area contributed by atoms with Crippen LogP contribution in [0.2, 0.25) is 5.02 Å². The van der Waals surface area contributed by atoms with Crippen LogP contribution in [0.3, 0.4) is 0 Å². The largest absolute Gasteiger partial charge is 0.495 e. The monoisotopic (exact) mass is 346 g/mol. The lowest BCUT2D eigenvalue weighted by atomic mass is 9.98. The van der Waals surface area contributed by atoms with Crippen LogP contribution in [0.4, 0.5) is 5.69 Å². The zero-order valence-electron chi connectivity index (χ0n) is 12.9. The Kier molecular flexibility index (Phi) is 4.61. The second-order valence-corrected chi connectivity index (χ2v) is 5.77. The molecule has 1 fully saturated rings. The molecule has 1 aliphatic heterocycles. The van der Waals surface area contributed by atoms with E-state index in [2.05, 4.69) is 15.3 Å². The van der Waals surface area contributed by atoms with Crippen LogP contribution < -0.4 is 10.1 Å². The SMILES string of the molecule is COc1ccc(Cl)cc1NC(=O)C1CN(C(=O)c2cnccn2)C1. The van der Waals surface area contributed by atoms with Crippen molar-refractivity contribution in [1.29, 1.82) is 0 Å². The Balaban J connectivity index is 1.59. The average Bonchev–Trinajstić information content (AvgIpc) is 2.54. The van der Waals surface area contributed by atoms with Crippen molar-refractivity contribution in [2.45, 2.75) is 0 Å². The minimum atomic E-state index is -0.283. The lowest BCUT2D eigenvalue weighted by Gasteiger charge is -2.37. The third kappa shape index (κ3) is 3.30. The van der Waals surface area contributed by atoms with Crippen molar-refractivity contribution >= 4 is 29.1 Å². The maximum absolute atomic E-state index is 12.3. The molecule has 0 bridgehead atoms. The van der Waals surface area contributed by atoms with E-state index in [4.69, 9.17) is 16.3 Å². The Morgan fingerprint density at radius 2 is 2.12 bits per heavy atom. The van der Waals surface area contributed by atoms with Gasteiger partial charge in [0.15, 0.2) is 0 Å². The number of amides is 2. The number of nitrogens with one attached hydrogen (secondary N) is 1. The van der Waals surface area contributed by atoms with Crippen molar-refractivity contribution in [2.75, 3.05) is 25.5 Å². The molecule has 1 N–H and O–H groups in total. The molecule has 124 valence electrons. The molecule has 1 saturated heterocycles. The topological polar surface area (TPSA) is 84.4 Å². The third-order valence-electron chi connectivity index (χ3n) is 3.74. The Bertz CT molecular complexity index is 763. The van der Waals surface area contributed by atoms with Gasteiger partial charge in [-0.3, -0.25) is 14.6 Å². The molecule has 0 radical (unpaired) electrons. The fourth-order valence-corrected chi connectivity index (χ4v) is 2.57. The molecule has 2 amide bonds. The highest BCUT2D eigenvalue weighted by Crippen LogP contribution is 2.29. The van der Waals surface area contributed by atoms with Crippen LogP contribution in [0.5, 0.6) is 5.75 Å². The van der Waals surface area contributed by atoms with Gasteiger partial charge in [-0.25, -0.2) is 4.98 Å². The Morgan fingerprint density at radius 3 is 2.79 bits per heavy atom. The number of methoxy groups -OCH3 is 1. The molecule has 7 nitrogen and oxygen atoms in total. The number of benzene rings is 1. The molecule has 8 heteroatoms. The molecule has 0 spiro atoms. The fraction of sp³-hybridized carbons (Fsp3) is 0.250. The van der Waals surface area contributed by atoms with Crippen LogP contribution >= 0.6 is 11.6 Å². The summed E-state index contributed by atoms with van der Waals surface area (Å²) in [6.45, 7) is 0.675. The second kappa shape index (κ2) is 6.84. The predicted octanol–water partition coefficient (Wildman–Crippen LogP) is 1.85. The minimum absolute atomic E-state index is 0.182. The molecular weight excluding hydrogens is 332 g/mol. The van der Waals surface area contributed by atoms with Crippen LogP contribution in [-0.4, -0.2) is 46.9 Å². The zero-order chi connectivity index (χ0) is 17.1. The first kappa shape index (κ1) is 16.2. The lowest BCUT2D eigenvalue weighted by Crippen LogP contribution is -2.54. The molecule has 1 aromatic carbocycles. The van der Waals surface area contributed by atoms with Gasteiger partial charge in [0.05, 0.1) is 24.9 Å². The summed E-state index contributed by atoms with van der Waals surface area (Å²) in [6.07, 6.45) is 4.37. The first-order valence-corrected chi connectivity index (χ1v) is 7.66. The maximum atomic E-state index is 12.3. The van der Waals surface area contributed by atoms with E-state index in [-0.39, 0.29) is 23.4 Å². The molecule has 2 heterocycles. The van der Waals surface area contributed by atoms with Crippen molar-refractivity contribution < 1.29 is 14.3 Å². The number of hydrogen-bond acceptors (Lipinski definition) is 5. The summed E-state index contributed by atoms with van der Waals surface area (Å²) >= 11 is 5.94. The predicted molar refractivity (Wildman–Crippen MR) is 88.1 cm³/mol. The number of rotatable bonds is 4. The van der Waals surface area contributed by atoms with Crippen molar-refractivity contribution in [3.05, 3.63) is 47.5 Å². The van der Waals surface area contributed by atoms with Gasteiger partial charge in [0.1, 0.15) is 11.4 Å². The van der Waals surface area contributed by atoms with E-state index in [1.807, 2.05) is 0 Å². The van der Waals surface area contributed by atoms with E-state index in [1.54, 1.807) is 23.1 Å². The zero-order valence-corrected chi connectivity index (χ0v) is 13.7. The Labute approximate surface area is 143 Å². The Morgan fingerprint density at radius 1 is 1.33 bits per heavy atom. The van der Waals surface area contributed by atoms with Gasteiger partial charge in [-0.2, -0.15) is 0 Å². The fourth-order valence-electron chi connectivity index (χ4n) is 2.39. The molecule has 2 aromatic rings. The van der Waals surface area contributed by atoms with Crippen LogP contribution in [0.15, 0.2) is 36.8 Å². The third-order valence-corrected chi connectivity index (χ3v) is 3.98. The lowest BCUT2D eigenvalue weighted by molar-refractivity contribution is -0.123. The van der Waals surface area contributed by atoms with Crippen molar-refractivity contribution in [2.24, 2.45) is 5.92 Å². The Hall–Kier alpha value is -2.67. The van der Waals surface area contributed by atoms with E-state index in [0.29, 0.717) is 29.5 Å². The summed E-state index contributed by atoms with van der Waals surface area (Å²) in [5.41, 5.74) is 0.779. The molecule has 0 unspecified atom stereocenters. The van der Waals surface area contributed by atoms with E-state index in [9.17, 15) is 9.59 Å². The summed E-state index contributed by atoms with van der Waals surface area (Å²) < 4.78 is 5.20. The van der Waals surface area contributed by atoms with Crippen molar-refractivity contribution in [3.8, 4) is 5.75 Å². The molecule has 0 saturated carbocycles. The number of hydrogen-bond donors (Lipinski definition) is 1. The van der Waals surface area contributed by atoms with Crippen LogP contribution in [0.25, 0.3) is 0 Å². The van der Waals surface area contributed by atoms with Crippen molar-refractivity contribution in [1.82, 2.24) is 14.9 Å². The van der Waals surface area contributed by atoms with Crippen molar-refractivity contribution in [3.63, 3.8) is 0 Å². The molecule has 0 aliphatic carbocycles. The van der Waals surface area contributed by atoms with Gasteiger partial charge < -0.3 is 15.0 Å². The number of carbonyl (C=O) groups is 2. The van der Waals surface area contributed by atoms with Crippen LogP contribution in [0, 0.1) is 5.92 Å². The summed E-state index contributed by atoms with van der Waals surface area (Å²) in [7, 11) is 1.52. The summed E-state index contributed by atoms with van der Waals surface area (Å²) in [4.78, 5) is 33.8. The van der Waals surface area contributed by atoms with Gasteiger partial charge >= 0.3 is 0 Å². The van der Waals surface area contributed by atoms with Crippen LogP contribution in [-0.2, 0) is 4.79 Å². The van der Waals surface area contributed by atoms with Gasteiger partial charge in [-0.15, -0.1) is 0 Å². The minimum Gasteiger partial charge on any atom is -0.495 e. The number of halogens is 1. The number of likely N-dealkylation sites (tertiary alicyclic amines) is 1. The van der Waals surface area contributed by atoms with Crippen LogP contribution in [0.1, 0.15) is 10.5 Å². The number of carbonyl (C=O) groups excluding carboxylic acids is 2. The normalized spacial score (nSPS) is 14.0. The summed E-state index contributed by atoms with van der Waals surface area (Å²) in [5, 5.41) is 3.29. The van der Waals surface area contributed by atoms with E-state index in [1.165, 1.54) is 25.7 Å². The first-order chi connectivity index (χ1) is 11.6. The molecule has 1 aliphatic rings. The van der Waals surface area contributed by atoms with E-state index < -0.39 is 0 Å². The second-order valence-electron chi connectivity index (χ2n) is 5.33. The van der Waals surface area contributed by atoms with Gasteiger partial charge in [0.25, 0.3) is 5.91 Å². The smallest absolute Gasteiger partial charge is 0.274 e. The highest BCUT2D eigenvalue weighted by Gasteiger charge is 2.36. The number of anilines is 1. The van der Waals surface area contributed by atoms with E-state index in [0.717, 1.165) is 0 Å². The quantitative estimate of drug-likeness (QED) is 0.913. The highest BCUT2D eigenvalue weighted by molar-refractivity contribution is 6.31. The van der Waals surface area contributed by atoms with E-state index >= 15 is 0 Å². The van der Waals surface area contributed by atoms with Gasteiger partial charge in [-0.1, -0.05) is 11.6 Å². The molecule has 3 rings (SSSR count). The molecule has 24 heavy (non-hydrogen) atoms. The number of nitrogens with zero attached hydrogens (tertiary/aromatic N) is 3. The first-order valence-electron chi connectivity index (χ1n) is 7.28. The number of aromatic nitrogens is 2. The van der Waals surface area contributed by atoms with Gasteiger partial charge in [-0.05, 0) is 18.2 Å². The standard InChI is InChI=1S/C16H15ClN4O3/c1-24-14-3-2-11(17)6-12(14)20-15(22)10-8-21(9-10)16(23)13-7-18-4-5-19-13/h2-7,10H,8-9H2,1H3,(H,20,22). The molecule has 0 atom stereocenters. The molecule has 1 aromatic heterocycles. The van der Waals surface area contributed by atoms with Gasteiger partial charge in [0.2, 0.25) is 5.91 Å².